The number of furan rings is 1. The van der Waals surface area contributed by atoms with Gasteiger partial charge in [0.15, 0.2) is 0 Å². The van der Waals surface area contributed by atoms with Crippen LogP contribution in [0.3, 0.4) is 0 Å². The summed E-state index contributed by atoms with van der Waals surface area (Å²) in [5.74, 6) is 0.927. The van der Waals surface area contributed by atoms with Gasteiger partial charge < -0.3 is 8.98 Å². The number of nitrogens with zero attached hydrogens (tertiary/aromatic N) is 3. The summed E-state index contributed by atoms with van der Waals surface area (Å²) in [5, 5.41) is 2.14. The number of aryl methyl sites for hydroxylation is 2. The van der Waals surface area contributed by atoms with Crippen LogP contribution in [0.1, 0.15) is 12.5 Å². The Kier molecular flexibility index (Phi) is 3.93. The molecule has 150 valence electrons. The van der Waals surface area contributed by atoms with E-state index in [1.54, 1.807) is 0 Å². The van der Waals surface area contributed by atoms with Gasteiger partial charge in [-0.3, -0.25) is 0 Å². The molecule has 0 aliphatic heterocycles. The zero-order valence-corrected chi connectivity index (χ0v) is 17.5. The van der Waals surface area contributed by atoms with Crippen molar-refractivity contribution < 1.29 is 4.42 Å². The fraction of sp³-hybridized carbons (Fsp3) is 0.111. The Balaban J connectivity index is 1.64. The number of hydrogen-bond donors (Lipinski definition) is 0. The number of benzene rings is 3. The lowest BCUT2D eigenvalue weighted by atomic mass is 10.0. The van der Waals surface area contributed by atoms with Crippen molar-refractivity contribution >= 4 is 33.1 Å². The van der Waals surface area contributed by atoms with Crippen molar-refractivity contribution in [1.82, 2.24) is 14.5 Å². The smallest absolute Gasteiger partial charge is 0.227 e. The van der Waals surface area contributed by atoms with E-state index >= 15 is 0 Å². The van der Waals surface area contributed by atoms with E-state index in [1.165, 1.54) is 5.56 Å². The van der Waals surface area contributed by atoms with E-state index in [4.69, 9.17) is 14.4 Å². The molecule has 0 spiro atoms. The van der Waals surface area contributed by atoms with Gasteiger partial charge in [-0.2, -0.15) is 0 Å². The Morgan fingerprint density at radius 3 is 2.48 bits per heavy atom. The summed E-state index contributed by atoms with van der Waals surface area (Å²) in [6.07, 6.45) is 0. The molecule has 3 aromatic carbocycles. The van der Waals surface area contributed by atoms with Crippen LogP contribution in [0, 0.1) is 6.92 Å². The van der Waals surface area contributed by atoms with Gasteiger partial charge in [-0.05, 0) is 49.7 Å². The number of hydrogen-bond acceptors (Lipinski definition) is 3. The van der Waals surface area contributed by atoms with Gasteiger partial charge in [0.05, 0.1) is 22.3 Å². The summed E-state index contributed by atoms with van der Waals surface area (Å²) in [5.41, 5.74) is 7.79. The molecule has 4 nitrogen and oxygen atoms in total. The van der Waals surface area contributed by atoms with E-state index in [-0.39, 0.29) is 0 Å². The second-order valence-electron chi connectivity index (χ2n) is 7.82. The van der Waals surface area contributed by atoms with Crippen molar-refractivity contribution in [2.45, 2.75) is 20.4 Å². The lowest BCUT2D eigenvalue weighted by molar-refractivity contribution is 0.654. The lowest BCUT2D eigenvalue weighted by Crippen LogP contribution is -1.97. The van der Waals surface area contributed by atoms with Gasteiger partial charge in [-0.1, -0.05) is 48.5 Å². The molecular formula is C27H21N3O. The fourth-order valence-electron chi connectivity index (χ4n) is 4.47. The number of rotatable bonds is 3. The Labute approximate surface area is 179 Å². The summed E-state index contributed by atoms with van der Waals surface area (Å²) < 4.78 is 8.66. The second kappa shape index (κ2) is 6.81. The van der Waals surface area contributed by atoms with Gasteiger partial charge >= 0.3 is 0 Å². The molecule has 3 aromatic heterocycles. The minimum atomic E-state index is 0.658. The summed E-state index contributed by atoms with van der Waals surface area (Å²) in [6, 6.07) is 26.9. The van der Waals surface area contributed by atoms with E-state index in [1.807, 2.05) is 24.3 Å². The molecule has 3 heterocycles. The van der Waals surface area contributed by atoms with Crippen LogP contribution in [0.4, 0.5) is 0 Å². The van der Waals surface area contributed by atoms with Gasteiger partial charge in [0.1, 0.15) is 11.4 Å². The highest BCUT2D eigenvalue weighted by atomic mass is 16.3. The monoisotopic (exact) mass is 403 g/mol. The highest BCUT2D eigenvalue weighted by molar-refractivity contribution is 6.10. The first-order valence-electron chi connectivity index (χ1n) is 10.6. The first-order valence-corrected chi connectivity index (χ1v) is 10.6. The number of para-hydroxylation sites is 2. The Hall–Kier alpha value is -3.92. The van der Waals surface area contributed by atoms with E-state index in [0.29, 0.717) is 5.71 Å². The van der Waals surface area contributed by atoms with E-state index < -0.39 is 0 Å². The highest BCUT2D eigenvalue weighted by Crippen LogP contribution is 2.38. The molecule has 0 radical (unpaired) electrons. The molecule has 4 heteroatoms. The molecule has 0 bridgehead atoms. The van der Waals surface area contributed by atoms with Crippen LogP contribution < -0.4 is 0 Å². The van der Waals surface area contributed by atoms with Crippen LogP contribution in [0.25, 0.3) is 55.7 Å². The number of aromatic nitrogens is 3. The second-order valence-corrected chi connectivity index (χ2v) is 7.82. The standard InChI is InChI=1S/C27H21N3O/c1-3-30-23-12-8-7-11-22(23)28-26(30)20-14-13-17(2)24-19-15-16-21(18-9-5-4-6-10-18)29-27(19)31-25(20)24/h4-16H,3H2,1-2H3. The maximum Gasteiger partial charge on any atom is 0.227 e. The molecule has 0 saturated heterocycles. The molecule has 0 aliphatic carbocycles. The Bertz CT molecular complexity index is 1570. The van der Waals surface area contributed by atoms with Crippen LogP contribution in [-0.2, 0) is 6.54 Å². The molecule has 0 N–H and O–H groups in total. The molecule has 6 aromatic rings. The predicted octanol–water partition coefficient (Wildman–Crippen LogP) is 6.99. The first-order chi connectivity index (χ1) is 15.2. The molecule has 0 unspecified atom stereocenters. The lowest BCUT2D eigenvalue weighted by Gasteiger charge is -2.07. The SMILES string of the molecule is CCn1c(-c2ccc(C)c3c2oc2nc(-c4ccccc4)ccc23)nc2ccccc21. The van der Waals surface area contributed by atoms with Crippen LogP contribution in [-0.4, -0.2) is 14.5 Å². The number of pyridine rings is 1. The van der Waals surface area contributed by atoms with Crippen LogP contribution in [0.2, 0.25) is 0 Å². The van der Waals surface area contributed by atoms with Crippen molar-refractivity contribution in [2.75, 3.05) is 0 Å². The third kappa shape index (κ3) is 2.68. The molecular weight excluding hydrogens is 382 g/mol. The minimum absolute atomic E-state index is 0.658. The zero-order valence-electron chi connectivity index (χ0n) is 17.5. The number of fused-ring (bicyclic) bond motifs is 4. The third-order valence-corrected chi connectivity index (χ3v) is 5.98. The third-order valence-electron chi connectivity index (χ3n) is 5.98. The fourth-order valence-corrected chi connectivity index (χ4v) is 4.47. The predicted molar refractivity (Wildman–Crippen MR) is 126 cm³/mol. The molecule has 6 rings (SSSR count). The summed E-state index contributed by atoms with van der Waals surface area (Å²) >= 11 is 0. The van der Waals surface area contributed by atoms with Gasteiger partial charge in [0.25, 0.3) is 0 Å². The molecule has 0 atom stereocenters. The van der Waals surface area contributed by atoms with Gasteiger partial charge in [0.2, 0.25) is 5.71 Å². The quantitative estimate of drug-likeness (QED) is 0.320. The van der Waals surface area contributed by atoms with Gasteiger partial charge in [-0.25, -0.2) is 9.97 Å². The van der Waals surface area contributed by atoms with Crippen LogP contribution >= 0.6 is 0 Å². The summed E-state index contributed by atoms with van der Waals surface area (Å²) in [6.45, 7) is 5.10. The van der Waals surface area contributed by atoms with E-state index in [9.17, 15) is 0 Å². The molecule has 31 heavy (non-hydrogen) atoms. The van der Waals surface area contributed by atoms with E-state index in [0.717, 1.165) is 56.6 Å². The topological polar surface area (TPSA) is 43.9 Å². The average Bonchev–Trinajstić information content (AvgIpc) is 3.38. The van der Waals surface area contributed by atoms with E-state index in [2.05, 4.69) is 73.0 Å². The first kappa shape index (κ1) is 17.9. The van der Waals surface area contributed by atoms with Crippen molar-refractivity contribution in [2.24, 2.45) is 0 Å². The molecule has 0 amide bonds. The average molecular weight is 403 g/mol. The van der Waals surface area contributed by atoms with Crippen LogP contribution in [0.5, 0.6) is 0 Å². The maximum atomic E-state index is 6.41. The number of imidazole rings is 1. The largest absolute Gasteiger partial charge is 0.437 e. The van der Waals surface area contributed by atoms with Crippen LogP contribution in [0.15, 0.2) is 83.3 Å². The van der Waals surface area contributed by atoms with Crippen molar-refractivity contribution in [3.63, 3.8) is 0 Å². The van der Waals surface area contributed by atoms with Gasteiger partial charge in [0, 0.05) is 22.9 Å². The molecule has 0 fully saturated rings. The highest BCUT2D eigenvalue weighted by Gasteiger charge is 2.20. The Morgan fingerprint density at radius 1 is 0.839 bits per heavy atom. The molecule has 0 saturated carbocycles. The van der Waals surface area contributed by atoms with Gasteiger partial charge in [-0.15, -0.1) is 0 Å². The minimum Gasteiger partial charge on any atom is -0.437 e. The summed E-state index contributed by atoms with van der Waals surface area (Å²) in [7, 11) is 0. The van der Waals surface area contributed by atoms with Crippen molar-refractivity contribution in [3.05, 3.63) is 84.4 Å². The normalized spacial score (nSPS) is 11.7. The zero-order chi connectivity index (χ0) is 20.9. The maximum absolute atomic E-state index is 6.41. The summed E-state index contributed by atoms with van der Waals surface area (Å²) in [4.78, 5) is 9.80. The Morgan fingerprint density at radius 2 is 1.65 bits per heavy atom. The van der Waals surface area contributed by atoms with Crippen molar-refractivity contribution in [1.29, 1.82) is 0 Å². The molecule has 0 aliphatic rings. The van der Waals surface area contributed by atoms with Crippen molar-refractivity contribution in [3.8, 4) is 22.6 Å².